The van der Waals surface area contributed by atoms with Gasteiger partial charge in [0.1, 0.15) is 5.82 Å². The molecule has 1 aliphatic rings. The Morgan fingerprint density at radius 2 is 2.05 bits per heavy atom. The fourth-order valence-corrected chi connectivity index (χ4v) is 4.05. The van der Waals surface area contributed by atoms with Crippen molar-refractivity contribution in [1.29, 1.82) is 0 Å². The lowest BCUT2D eigenvalue weighted by Crippen LogP contribution is -2.43. The summed E-state index contributed by atoms with van der Waals surface area (Å²) >= 11 is 0. The number of hydrogen-bond donors (Lipinski definition) is 0. The van der Waals surface area contributed by atoms with Crippen LogP contribution in [-0.2, 0) is 25.3 Å². The van der Waals surface area contributed by atoms with Crippen molar-refractivity contribution in [3.05, 3.63) is 35.6 Å². The van der Waals surface area contributed by atoms with Crippen molar-refractivity contribution in [2.45, 2.75) is 18.6 Å². The highest BCUT2D eigenvalue weighted by atomic mass is 32.2. The second kappa shape index (κ2) is 6.53. The van der Waals surface area contributed by atoms with Crippen molar-refractivity contribution in [2.24, 2.45) is 5.92 Å². The van der Waals surface area contributed by atoms with Crippen LogP contribution < -0.4 is 0 Å². The van der Waals surface area contributed by atoms with Crippen LogP contribution in [0.5, 0.6) is 0 Å². The van der Waals surface area contributed by atoms with Crippen molar-refractivity contribution < 1.29 is 22.3 Å². The van der Waals surface area contributed by atoms with Gasteiger partial charge in [0.25, 0.3) is 0 Å². The molecule has 0 amide bonds. The number of hydrogen-bond acceptors (Lipinski definition) is 4. The van der Waals surface area contributed by atoms with Crippen molar-refractivity contribution in [3.8, 4) is 0 Å². The van der Waals surface area contributed by atoms with Gasteiger partial charge in [0, 0.05) is 13.1 Å². The molecule has 0 aliphatic carbocycles. The van der Waals surface area contributed by atoms with E-state index in [0.717, 1.165) is 0 Å². The molecule has 7 heteroatoms. The first-order valence-electron chi connectivity index (χ1n) is 6.72. The highest BCUT2D eigenvalue weighted by Gasteiger charge is 2.32. The quantitative estimate of drug-likeness (QED) is 0.791. The van der Waals surface area contributed by atoms with E-state index in [0.29, 0.717) is 24.9 Å². The Hall–Kier alpha value is -1.47. The smallest absolute Gasteiger partial charge is 0.309 e. The Morgan fingerprint density at radius 3 is 2.67 bits per heavy atom. The van der Waals surface area contributed by atoms with Crippen LogP contribution in [0.4, 0.5) is 4.39 Å². The number of carbonyl (C=O) groups is 1. The maximum absolute atomic E-state index is 12.8. The molecule has 5 nitrogen and oxygen atoms in total. The van der Waals surface area contributed by atoms with E-state index >= 15 is 0 Å². The van der Waals surface area contributed by atoms with Crippen LogP contribution in [0.2, 0.25) is 0 Å². The van der Waals surface area contributed by atoms with Gasteiger partial charge >= 0.3 is 5.97 Å². The third kappa shape index (κ3) is 4.01. The Morgan fingerprint density at radius 1 is 1.38 bits per heavy atom. The van der Waals surface area contributed by atoms with Gasteiger partial charge < -0.3 is 4.74 Å². The third-order valence-electron chi connectivity index (χ3n) is 3.57. The standard InChI is InChI=1S/C14H18FNO4S/c1-20-14(17)12-3-2-8-16(9-12)21(18,19)10-11-4-6-13(15)7-5-11/h4-7,12H,2-3,8-10H2,1H3. The fourth-order valence-electron chi connectivity index (χ4n) is 2.44. The van der Waals surface area contributed by atoms with Gasteiger partial charge in [-0.2, -0.15) is 0 Å². The van der Waals surface area contributed by atoms with E-state index < -0.39 is 21.8 Å². The van der Waals surface area contributed by atoms with Crippen LogP contribution in [0.25, 0.3) is 0 Å². The van der Waals surface area contributed by atoms with Crippen molar-refractivity contribution in [1.82, 2.24) is 4.31 Å². The molecular weight excluding hydrogens is 297 g/mol. The number of rotatable bonds is 4. The van der Waals surface area contributed by atoms with Gasteiger partial charge in [-0.15, -0.1) is 0 Å². The molecule has 1 atom stereocenters. The summed E-state index contributed by atoms with van der Waals surface area (Å²) < 4.78 is 43.6. The molecule has 0 radical (unpaired) electrons. The zero-order valence-corrected chi connectivity index (χ0v) is 12.6. The summed E-state index contributed by atoms with van der Waals surface area (Å²) in [5.41, 5.74) is 0.525. The minimum absolute atomic E-state index is 0.149. The number of halogens is 1. The first-order chi connectivity index (χ1) is 9.92. The number of benzene rings is 1. The van der Waals surface area contributed by atoms with Crippen LogP contribution in [0, 0.1) is 11.7 Å². The first kappa shape index (κ1) is 15.9. The number of methoxy groups -OCH3 is 1. The molecule has 1 fully saturated rings. The molecule has 1 aromatic rings. The summed E-state index contributed by atoms with van der Waals surface area (Å²) in [6, 6.07) is 5.37. The molecule has 0 bridgehead atoms. The zero-order chi connectivity index (χ0) is 15.5. The Kier molecular flexibility index (Phi) is 4.95. The molecule has 1 aromatic carbocycles. The number of esters is 1. The summed E-state index contributed by atoms with van der Waals surface area (Å²) in [6.07, 6.45) is 1.26. The monoisotopic (exact) mass is 315 g/mol. The maximum atomic E-state index is 12.8. The molecule has 1 aliphatic heterocycles. The van der Waals surface area contributed by atoms with E-state index in [4.69, 9.17) is 0 Å². The second-order valence-electron chi connectivity index (χ2n) is 5.10. The van der Waals surface area contributed by atoms with Crippen molar-refractivity contribution in [3.63, 3.8) is 0 Å². The maximum Gasteiger partial charge on any atom is 0.309 e. The highest BCUT2D eigenvalue weighted by Crippen LogP contribution is 2.22. The molecule has 0 saturated carbocycles. The average Bonchev–Trinajstić information content (AvgIpc) is 2.49. The third-order valence-corrected chi connectivity index (χ3v) is 5.39. The summed E-state index contributed by atoms with van der Waals surface area (Å²) in [7, 11) is -2.22. The van der Waals surface area contributed by atoms with Crippen LogP contribution >= 0.6 is 0 Å². The van der Waals surface area contributed by atoms with Gasteiger partial charge in [-0.25, -0.2) is 17.1 Å². The molecule has 116 valence electrons. The number of carbonyl (C=O) groups excluding carboxylic acids is 1. The van der Waals surface area contributed by atoms with Crippen molar-refractivity contribution >= 4 is 16.0 Å². The minimum atomic E-state index is -3.52. The van der Waals surface area contributed by atoms with Gasteiger partial charge in [-0.05, 0) is 30.5 Å². The lowest BCUT2D eigenvalue weighted by Gasteiger charge is -2.30. The predicted octanol–water partition coefficient (Wildman–Crippen LogP) is 1.54. The number of piperidine rings is 1. The molecule has 1 saturated heterocycles. The molecule has 0 spiro atoms. The van der Waals surface area contributed by atoms with E-state index in [1.165, 1.54) is 35.7 Å². The second-order valence-corrected chi connectivity index (χ2v) is 7.07. The Balaban J connectivity index is 2.08. The summed E-state index contributed by atoms with van der Waals surface area (Å²) in [5.74, 6) is -1.38. The molecule has 21 heavy (non-hydrogen) atoms. The molecule has 2 rings (SSSR count). The molecule has 1 heterocycles. The summed E-state index contributed by atoms with van der Waals surface area (Å²) in [5, 5.41) is 0. The zero-order valence-electron chi connectivity index (χ0n) is 11.8. The molecular formula is C14H18FNO4S. The van der Waals surface area contributed by atoms with Crippen LogP contribution in [0.15, 0.2) is 24.3 Å². The van der Waals surface area contributed by atoms with E-state index in [9.17, 15) is 17.6 Å². The minimum Gasteiger partial charge on any atom is -0.469 e. The van der Waals surface area contributed by atoms with Crippen LogP contribution in [0.3, 0.4) is 0 Å². The van der Waals surface area contributed by atoms with Crippen molar-refractivity contribution in [2.75, 3.05) is 20.2 Å². The van der Waals surface area contributed by atoms with Gasteiger partial charge in [0.2, 0.25) is 10.0 Å². The highest BCUT2D eigenvalue weighted by molar-refractivity contribution is 7.88. The topological polar surface area (TPSA) is 63.7 Å². The normalized spacial score (nSPS) is 20.2. The van der Waals surface area contributed by atoms with E-state index in [1.54, 1.807) is 0 Å². The number of ether oxygens (including phenoxy) is 1. The number of nitrogens with zero attached hydrogens (tertiary/aromatic N) is 1. The van der Waals surface area contributed by atoms with E-state index in [-0.39, 0.29) is 18.3 Å². The summed E-state index contributed by atoms with van der Waals surface area (Å²) in [4.78, 5) is 11.5. The fraction of sp³-hybridized carbons (Fsp3) is 0.500. The van der Waals surface area contributed by atoms with Gasteiger partial charge in [-0.1, -0.05) is 12.1 Å². The molecule has 1 unspecified atom stereocenters. The predicted molar refractivity (Wildman–Crippen MR) is 75.3 cm³/mol. The first-order valence-corrected chi connectivity index (χ1v) is 8.33. The largest absolute Gasteiger partial charge is 0.469 e. The average molecular weight is 315 g/mol. The SMILES string of the molecule is COC(=O)C1CCCN(S(=O)(=O)Cc2ccc(F)cc2)C1. The van der Waals surface area contributed by atoms with Gasteiger partial charge in [-0.3, -0.25) is 4.79 Å². The lowest BCUT2D eigenvalue weighted by atomic mass is 10.0. The lowest BCUT2D eigenvalue weighted by molar-refractivity contribution is -0.146. The van der Waals surface area contributed by atoms with Gasteiger partial charge in [0.05, 0.1) is 18.8 Å². The molecule has 0 N–H and O–H groups in total. The Bertz CT molecular complexity index is 600. The number of sulfonamides is 1. The summed E-state index contributed by atoms with van der Waals surface area (Å²) in [6.45, 7) is 0.549. The van der Waals surface area contributed by atoms with Crippen LogP contribution in [0.1, 0.15) is 18.4 Å². The van der Waals surface area contributed by atoms with E-state index in [1.807, 2.05) is 0 Å². The van der Waals surface area contributed by atoms with E-state index in [2.05, 4.69) is 4.74 Å². The van der Waals surface area contributed by atoms with Gasteiger partial charge in [0.15, 0.2) is 0 Å². The Labute approximate surface area is 123 Å². The molecule has 0 aromatic heterocycles. The van der Waals surface area contributed by atoms with Crippen LogP contribution in [-0.4, -0.2) is 38.9 Å².